The molecule has 3 aromatic heterocycles. The first-order valence-corrected chi connectivity index (χ1v) is 8.59. The van der Waals surface area contributed by atoms with E-state index in [1.54, 1.807) is 60.5 Å². The minimum atomic E-state index is -0.596. The molecule has 4 aromatic rings. The highest BCUT2D eigenvalue weighted by atomic mass is 19.1. The van der Waals surface area contributed by atoms with Gasteiger partial charge in [-0.1, -0.05) is 18.2 Å². The van der Waals surface area contributed by atoms with Crippen LogP contribution in [0.1, 0.15) is 17.4 Å². The molecule has 1 unspecified atom stereocenters. The molecule has 0 radical (unpaired) electrons. The molecular formula is C19H17FN6O2. The van der Waals surface area contributed by atoms with Gasteiger partial charge in [-0.15, -0.1) is 5.10 Å². The molecule has 0 bridgehead atoms. The molecule has 0 saturated heterocycles. The molecule has 0 aliphatic heterocycles. The quantitative estimate of drug-likeness (QED) is 0.565. The van der Waals surface area contributed by atoms with Crippen LogP contribution in [-0.2, 0) is 18.4 Å². The lowest BCUT2D eigenvalue weighted by atomic mass is 10.1. The number of amides is 1. The van der Waals surface area contributed by atoms with Crippen LogP contribution in [0.3, 0.4) is 0 Å². The number of carbonyl (C=O) groups excluding carboxylic acids is 1. The Bertz CT molecular complexity index is 1190. The zero-order valence-electron chi connectivity index (χ0n) is 15.0. The maximum Gasteiger partial charge on any atom is 0.350 e. The second-order valence-corrected chi connectivity index (χ2v) is 6.32. The zero-order chi connectivity index (χ0) is 19.7. The first-order chi connectivity index (χ1) is 13.5. The number of aryl methyl sites for hydroxylation is 1. The number of aromatic nitrogens is 5. The van der Waals surface area contributed by atoms with Crippen molar-refractivity contribution >= 4 is 11.6 Å². The van der Waals surface area contributed by atoms with E-state index in [0.717, 1.165) is 4.68 Å². The summed E-state index contributed by atoms with van der Waals surface area (Å²) >= 11 is 0. The molecule has 0 aliphatic carbocycles. The molecule has 142 valence electrons. The molecule has 1 aromatic carbocycles. The average Bonchev–Trinajstić information content (AvgIpc) is 3.24. The van der Waals surface area contributed by atoms with Crippen LogP contribution in [-0.4, -0.2) is 29.6 Å². The van der Waals surface area contributed by atoms with Gasteiger partial charge in [-0.3, -0.25) is 9.20 Å². The van der Waals surface area contributed by atoms with E-state index in [1.165, 1.54) is 16.5 Å². The highest BCUT2D eigenvalue weighted by Gasteiger charge is 2.22. The van der Waals surface area contributed by atoms with Gasteiger partial charge in [0.25, 0.3) is 0 Å². The van der Waals surface area contributed by atoms with Crippen molar-refractivity contribution in [3.63, 3.8) is 0 Å². The lowest BCUT2D eigenvalue weighted by Gasteiger charge is -2.19. The van der Waals surface area contributed by atoms with E-state index in [4.69, 9.17) is 0 Å². The van der Waals surface area contributed by atoms with E-state index in [0.29, 0.717) is 17.0 Å². The Kier molecular flexibility index (Phi) is 4.48. The maximum atomic E-state index is 13.3. The fourth-order valence-electron chi connectivity index (χ4n) is 3.02. The van der Waals surface area contributed by atoms with Crippen LogP contribution in [0.2, 0.25) is 0 Å². The summed E-state index contributed by atoms with van der Waals surface area (Å²) in [6.45, 7) is -0.247. The summed E-state index contributed by atoms with van der Waals surface area (Å²) in [5.41, 5.74) is 0.729. The van der Waals surface area contributed by atoms with Crippen molar-refractivity contribution in [2.75, 3.05) is 0 Å². The summed E-state index contributed by atoms with van der Waals surface area (Å²) in [6.07, 6.45) is 4.96. The first-order valence-electron chi connectivity index (χ1n) is 8.59. The number of rotatable bonds is 5. The molecule has 0 fully saturated rings. The molecule has 1 N–H and O–H groups in total. The zero-order valence-corrected chi connectivity index (χ0v) is 15.0. The Balaban J connectivity index is 1.62. The molecule has 1 amide bonds. The molecule has 0 saturated carbocycles. The average molecular weight is 380 g/mol. The van der Waals surface area contributed by atoms with Crippen LogP contribution in [0.5, 0.6) is 0 Å². The summed E-state index contributed by atoms with van der Waals surface area (Å²) in [4.78, 5) is 29.3. The fourth-order valence-corrected chi connectivity index (χ4v) is 3.02. The first kappa shape index (κ1) is 17.7. The van der Waals surface area contributed by atoms with Gasteiger partial charge in [0.05, 0.1) is 0 Å². The Hall–Kier alpha value is -3.75. The normalized spacial score (nSPS) is 12.2. The highest BCUT2D eigenvalue weighted by molar-refractivity contribution is 5.76. The topological polar surface area (TPSA) is 86.2 Å². The van der Waals surface area contributed by atoms with E-state index >= 15 is 0 Å². The minimum absolute atomic E-state index is 0.247. The van der Waals surface area contributed by atoms with Crippen LogP contribution in [0.4, 0.5) is 4.39 Å². The predicted molar refractivity (Wildman–Crippen MR) is 99.0 cm³/mol. The largest absolute Gasteiger partial charge is 0.350 e. The summed E-state index contributed by atoms with van der Waals surface area (Å²) in [7, 11) is 1.80. The van der Waals surface area contributed by atoms with Crippen molar-refractivity contribution < 1.29 is 9.18 Å². The summed E-state index contributed by atoms with van der Waals surface area (Å²) < 4.78 is 17.5. The third-order valence-electron chi connectivity index (χ3n) is 4.41. The monoisotopic (exact) mass is 380 g/mol. The lowest BCUT2D eigenvalue weighted by Crippen LogP contribution is -2.36. The van der Waals surface area contributed by atoms with E-state index in [9.17, 15) is 14.0 Å². The second-order valence-electron chi connectivity index (χ2n) is 6.32. The molecule has 0 spiro atoms. The summed E-state index contributed by atoms with van der Waals surface area (Å²) in [6, 6.07) is 10.4. The molecule has 9 heteroatoms. The van der Waals surface area contributed by atoms with Gasteiger partial charge in [-0.2, -0.15) is 0 Å². The number of nitrogens with one attached hydrogen (secondary N) is 1. The molecular weight excluding hydrogens is 363 g/mol. The molecule has 28 heavy (non-hydrogen) atoms. The maximum absolute atomic E-state index is 13.3. The highest BCUT2D eigenvalue weighted by Crippen LogP contribution is 2.20. The molecule has 1 atom stereocenters. The van der Waals surface area contributed by atoms with Gasteiger partial charge in [0.2, 0.25) is 5.91 Å². The van der Waals surface area contributed by atoms with Crippen LogP contribution in [0, 0.1) is 5.82 Å². The smallest absolute Gasteiger partial charge is 0.340 e. The standard InChI is InChI=1S/C19H17FN6O2/c1-24-11-9-21-18(24)17(13-5-7-14(20)8-6-13)22-16(27)12-26-19(28)25-10-3-2-4-15(25)23-26/h2-11,17H,12H2,1H3,(H,22,27). The Labute approximate surface area is 158 Å². The Morgan fingerprint density at radius 1 is 1.18 bits per heavy atom. The van der Waals surface area contributed by atoms with Crippen LogP contribution in [0.15, 0.2) is 65.8 Å². The number of halogens is 1. The number of hydrogen-bond acceptors (Lipinski definition) is 4. The Morgan fingerprint density at radius 3 is 2.64 bits per heavy atom. The van der Waals surface area contributed by atoms with Crippen molar-refractivity contribution in [3.05, 3.63) is 88.7 Å². The fraction of sp³-hybridized carbons (Fsp3) is 0.158. The van der Waals surface area contributed by atoms with E-state index in [1.807, 2.05) is 0 Å². The van der Waals surface area contributed by atoms with Gasteiger partial charge < -0.3 is 9.88 Å². The number of carbonyl (C=O) groups is 1. The SMILES string of the molecule is Cn1ccnc1C(NC(=O)Cn1nc2ccccn2c1=O)c1ccc(F)cc1. The van der Waals surface area contributed by atoms with Crippen molar-refractivity contribution in [1.82, 2.24) is 29.0 Å². The number of fused-ring (bicyclic) bond motifs is 1. The van der Waals surface area contributed by atoms with Crippen LogP contribution in [0.25, 0.3) is 5.65 Å². The van der Waals surface area contributed by atoms with Crippen molar-refractivity contribution in [2.45, 2.75) is 12.6 Å². The van der Waals surface area contributed by atoms with E-state index < -0.39 is 17.6 Å². The van der Waals surface area contributed by atoms with Crippen LogP contribution < -0.4 is 11.0 Å². The van der Waals surface area contributed by atoms with Crippen LogP contribution >= 0.6 is 0 Å². The van der Waals surface area contributed by atoms with Crippen molar-refractivity contribution in [3.8, 4) is 0 Å². The Morgan fingerprint density at radius 2 is 1.96 bits per heavy atom. The summed E-state index contributed by atoms with van der Waals surface area (Å²) in [5.74, 6) is -0.199. The van der Waals surface area contributed by atoms with Gasteiger partial charge in [0.1, 0.15) is 24.2 Å². The molecule has 0 aliphatic rings. The van der Waals surface area contributed by atoms with Gasteiger partial charge in [0, 0.05) is 25.6 Å². The number of hydrogen-bond donors (Lipinski definition) is 1. The van der Waals surface area contributed by atoms with E-state index in [-0.39, 0.29) is 12.4 Å². The molecule has 8 nitrogen and oxygen atoms in total. The van der Waals surface area contributed by atoms with Gasteiger partial charge >= 0.3 is 5.69 Å². The second kappa shape index (κ2) is 7.10. The van der Waals surface area contributed by atoms with Gasteiger partial charge in [-0.05, 0) is 29.8 Å². The minimum Gasteiger partial charge on any atom is -0.340 e. The molecule has 3 heterocycles. The predicted octanol–water partition coefficient (Wildman–Crippen LogP) is 1.27. The number of nitrogens with zero attached hydrogens (tertiary/aromatic N) is 5. The summed E-state index contributed by atoms with van der Waals surface area (Å²) in [5, 5.41) is 7.02. The number of benzene rings is 1. The van der Waals surface area contributed by atoms with E-state index in [2.05, 4.69) is 15.4 Å². The van der Waals surface area contributed by atoms with Crippen molar-refractivity contribution in [1.29, 1.82) is 0 Å². The van der Waals surface area contributed by atoms with Gasteiger partial charge in [-0.25, -0.2) is 18.9 Å². The molecule has 4 rings (SSSR count). The van der Waals surface area contributed by atoms with Gasteiger partial charge in [0.15, 0.2) is 5.65 Å². The lowest BCUT2D eigenvalue weighted by molar-refractivity contribution is -0.122. The van der Waals surface area contributed by atoms with Crippen molar-refractivity contribution in [2.24, 2.45) is 7.05 Å². The number of imidazole rings is 1. The number of pyridine rings is 1. The third kappa shape index (κ3) is 3.29. The third-order valence-corrected chi connectivity index (χ3v) is 4.41.